The molecule has 5 nitrogen and oxygen atoms in total. The first kappa shape index (κ1) is 13.1. The number of carbonyl (C=O) groups excluding carboxylic acids is 1. The molecule has 0 spiro atoms. The van der Waals surface area contributed by atoms with Gasteiger partial charge in [0.25, 0.3) is 0 Å². The van der Waals surface area contributed by atoms with Crippen molar-refractivity contribution in [3.8, 4) is 0 Å². The van der Waals surface area contributed by atoms with E-state index in [1.54, 1.807) is 0 Å². The predicted molar refractivity (Wildman–Crippen MR) is 73.0 cm³/mol. The number of hydrogen-bond acceptors (Lipinski definition) is 4. The highest BCUT2D eigenvalue weighted by atomic mass is 16.5. The molecule has 1 aromatic heterocycles. The van der Waals surface area contributed by atoms with Crippen molar-refractivity contribution in [3.63, 3.8) is 0 Å². The van der Waals surface area contributed by atoms with Crippen molar-refractivity contribution in [3.05, 3.63) is 47.4 Å². The second kappa shape index (κ2) is 5.14. The number of imidazole rings is 1. The van der Waals surface area contributed by atoms with Crippen LogP contribution >= 0.6 is 0 Å². The van der Waals surface area contributed by atoms with Gasteiger partial charge in [-0.3, -0.25) is 0 Å². The summed E-state index contributed by atoms with van der Waals surface area (Å²) in [7, 11) is 1.32. The van der Waals surface area contributed by atoms with Gasteiger partial charge >= 0.3 is 5.97 Å². The molecule has 5 heteroatoms. The van der Waals surface area contributed by atoms with Crippen LogP contribution in [0.25, 0.3) is 0 Å². The normalized spacial score (nSPS) is 12.2. The van der Waals surface area contributed by atoms with E-state index in [2.05, 4.69) is 9.72 Å². The van der Waals surface area contributed by atoms with Crippen LogP contribution in [0, 0.1) is 6.92 Å². The maximum absolute atomic E-state index is 11.6. The lowest BCUT2D eigenvalue weighted by molar-refractivity contribution is 0.0595. The lowest BCUT2D eigenvalue weighted by Gasteiger charge is -2.17. The van der Waals surface area contributed by atoms with Gasteiger partial charge in [0.15, 0.2) is 5.69 Å². The number of ether oxygens (including phenoxy) is 1. The predicted octanol–water partition coefficient (Wildman–Crippen LogP) is 2.17. The lowest BCUT2D eigenvalue weighted by atomic mass is 10.1. The second-order valence-corrected chi connectivity index (χ2v) is 4.34. The number of nitrogens with two attached hydrogens (primary N) is 1. The Labute approximate surface area is 112 Å². The molecular weight excluding hydrogens is 242 g/mol. The Morgan fingerprint density at radius 1 is 1.37 bits per heavy atom. The molecule has 2 aromatic rings. The van der Waals surface area contributed by atoms with Crippen molar-refractivity contribution in [1.82, 2.24) is 9.55 Å². The summed E-state index contributed by atoms with van der Waals surface area (Å²) in [5, 5.41) is 0. The summed E-state index contributed by atoms with van der Waals surface area (Å²) in [6, 6.07) is 9.93. The highest BCUT2D eigenvalue weighted by Crippen LogP contribution is 2.25. The van der Waals surface area contributed by atoms with E-state index >= 15 is 0 Å². The lowest BCUT2D eigenvalue weighted by Crippen LogP contribution is -2.13. The molecule has 0 radical (unpaired) electrons. The maximum atomic E-state index is 11.6. The first-order valence-electron chi connectivity index (χ1n) is 6.03. The number of carbonyl (C=O) groups is 1. The summed E-state index contributed by atoms with van der Waals surface area (Å²) in [6.45, 7) is 3.84. The van der Waals surface area contributed by atoms with Crippen LogP contribution in [0.5, 0.6) is 0 Å². The zero-order chi connectivity index (χ0) is 14.0. The first-order valence-corrected chi connectivity index (χ1v) is 6.03. The average molecular weight is 259 g/mol. The molecule has 1 atom stereocenters. The van der Waals surface area contributed by atoms with E-state index in [1.807, 2.05) is 48.7 Å². The van der Waals surface area contributed by atoms with E-state index in [1.165, 1.54) is 7.11 Å². The number of benzene rings is 1. The highest BCUT2D eigenvalue weighted by Gasteiger charge is 2.22. The van der Waals surface area contributed by atoms with Crippen LogP contribution in [0.4, 0.5) is 5.82 Å². The summed E-state index contributed by atoms with van der Waals surface area (Å²) in [5.41, 5.74) is 7.29. The number of aryl methyl sites for hydroxylation is 1. The van der Waals surface area contributed by atoms with Crippen LogP contribution in [0.15, 0.2) is 30.3 Å². The molecule has 0 fully saturated rings. The molecule has 1 heterocycles. The third-order valence-electron chi connectivity index (χ3n) is 3.17. The Morgan fingerprint density at radius 3 is 2.58 bits per heavy atom. The fourth-order valence-electron chi connectivity index (χ4n) is 2.18. The number of methoxy groups -OCH3 is 1. The van der Waals surface area contributed by atoms with Crippen molar-refractivity contribution in [2.75, 3.05) is 12.8 Å². The molecule has 0 aliphatic heterocycles. The number of anilines is 1. The summed E-state index contributed by atoms with van der Waals surface area (Å²) < 4.78 is 6.51. The van der Waals surface area contributed by atoms with E-state index in [9.17, 15) is 4.79 Å². The third kappa shape index (κ3) is 2.31. The number of nitrogen functional groups attached to an aromatic ring is 1. The Balaban J connectivity index is 2.46. The van der Waals surface area contributed by atoms with Crippen LogP contribution < -0.4 is 5.73 Å². The van der Waals surface area contributed by atoms with Crippen LogP contribution in [0.3, 0.4) is 0 Å². The van der Waals surface area contributed by atoms with Crippen LogP contribution in [0.1, 0.15) is 34.8 Å². The molecule has 0 bridgehead atoms. The molecule has 0 amide bonds. The summed E-state index contributed by atoms with van der Waals surface area (Å²) >= 11 is 0. The molecule has 0 saturated carbocycles. The highest BCUT2D eigenvalue weighted by molar-refractivity contribution is 5.92. The molecule has 1 unspecified atom stereocenters. The molecule has 2 N–H and O–H groups in total. The molecule has 2 rings (SSSR count). The van der Waals surface area contributed by atoms with Crippen molar-refractivity contribution in [2.24, 2.45) is 0 Å². The molecule has 19 heavy (non-hydrogen) atoms. The first-order chi connectivity index (χ1) is 9.06. The Bertz CT molecular complexity index is 590. The molecule has 0 aliphatic rings. The van der Waals surface area contributed by atoms with Gasteiger partial charge in [-0.25, -0.2) is 9.78 Å². The van der Waals surface area contributed by atoms with Gasteiger partial charge in [0.1, 0.15) is 11.6 Å². The van der Waals surface area contributed by atoms with Crippen LogP contribution in [-0.4, -0.2) is 22.6 Å². The van der Waals surface area contributed by atoms with Crippen molar-refractivity contribution in [2.45, 2.75) is 19.9 Å². The van der Waals surface area contributed by atoms with E-state index in [-0.39, 0.29) is 11.7 Å². The number of hydrogen-bond donors (Lipinski definition) is 1. The van der Waals surface area contributed by atoms with Gasteiger partial charge in [-0.15, -0.1) is 0 Å². The monoisotopic (exact) mass is 259 g/mol. The molecule has 0 saturated heterocycles. The quantitative estimate of drug-likeness (QED) is 0.857. The number of aromatic nitrogens is 2. The van der Waals surface area contributed by atoms with E-state index < -0.39 is 5.97 Å². The molecule has 0 aliphatic carbocycles. The summed E-state index contributed by atoms with van der Waals surface area (Å²) in [4.78, 5) is 15.8. The van der Waals surface area contributed by atoms with Gasteiger partial charge in [0.2, 0.25) is 0 Å². The number of rotatable bonds is 3. The van der Waals surface area contributed by atoms with Gasteiger partial charge in [-0.05, 0) is 19.4 Å². The average Bonchev–Trinajstić information content (AvgIpc) is 2.73. The topological polar surface area (TPSA) is 70.1 Å². The smallest absolute Gasteiger partial charge is 0.360 e. The Kier molecular flexibility index (Phi) is 3.55. The Hall–Kier alpha value is -2.30. The van der Waals surface area contributed by atoms with Gasteiger partial charge < -0.3 is 15.0 Å². The molecule has 100 valence electrons. The fourth-order valence-corrected chi connectivity index (χ4v) is 2.18. The Morgan fingerprint density at radius 2 is 2.00 bits per heavy atom. The summed E-state index contributed by atoms with van der Waals surface area (Å²) in [5.74, 6) is 0.509. The second-order valence-electron chi connectivity index (χ2n) is 4.34. The van der Waals surface area contributed by atoms with Gasteiger partial charge in [-0.1, -0.05) is 30.3 Å². The zero-order valence-electron chi connectivity index (χ0n) is 11.3. The minimum atomic E-state index is -0.514. The molecular formula is C14H17N3O2. The number of nitrogens with zero attached hydrogens (tertiary/aromatic N) is 2. The zero-order valence-corrected chi connectivity index (χ0v) is 11.3. The third-order valence-corrected chi connectivity index (χ3v) is 3.17. The van der Waals surface area contributed by atoms with Crippen LogP contribution in [0.2, 0.25) is 0 Å². The summed E-state index contributed by atoms with van der Waals surface area (Å²) in [6.07, 6.45) is 0. The van der Waals surface area contributed by atoms with Crippen LogP contribution in [-0.2, 0) is 4.74 Å². The van der Waals surface area contributed by atoms with Crippen molar-refractivity contribution in [1.29, 1.82) is 0 Å². The SMILES string of the molecule is COC(=O)c1nc(C)n(C(C)c2ccccc2)c1N. The standard InChI is InChI=1S/C14H17N3O2/c1-9(11-7-5-4-6-8-11)17-10(2)16-12(13(17)15)14(18)19-3/h4-9H,15H2,1-3H3. The maximum Gasteiger partial charge on any atom is 0.360 e. The van der Waals surface area contributed by atoms with Crippen molar-refractivity contribution >= 4 is 11.8 Å². The number of esters is 1. The minimum absolute atomic E-state index is 0.00658. The van der Waals surface area contributed by atoms with Crippen molar-refractivity contribution < 1.29 is 9.53 Å². The van der Waals surface area contributed by atoms with Gasteiger partial charge in [-0.2, -0.15) is 0 Å². The largest absolute Gasteiger partial charge is 0.464 e. The van der Waals surface area contributed by atoms with E-state index in [0.29, 0.717) is 11.6 Å². The van der Waals surface area contributed by atoms with Gasteiger partial charge in [0.05, 0.1) is 13.2 Å². The minimum Gasteiger partial charge on any atom is -0.464 e. The fraction of sp³-hybridized carbons (Fsp3) is 0.286. The van der Waals surface area contributed by atoms with Gasteiger partial charge in [0, 0.05) is 0 Å². The van der Waals surface area contributed by atoms with E-state index in [4.69, 9.17) is 5.73 Å². The molecule has 1 aromatic carbocycles. The van der Waals surface area contributed by atoms with E-state index in [0.717, 1.165) is 5.56 Å².